The number of amides is 2. The second-order valence-corrected chi connectivity index (χ2v) is 5.54. The maximum atomic E-state index is 12.0. The van der Waals surface area contributed by atoms with Crippen molar-refractivity contribution in [2.45, 2.75) is 0 Å². The van der Waals surface area contributed by atoms with E-state index < -0.39 is 0 Å². The number of rotatable bonds is 6. The largest absolute Gasteiger partial charge is 0.378 e. The number of ether oxygens (including phenoxy) is 1. The lowest BCUT2D eigenvalue weighted by molar-refractivity contribution is -0.122. The van der Waals surface area contributed by atoms with Crippen molar-refractivity contribution < 1.29 is 14.3 Å². The van der Waals surface area contributed by atoms with Crippen LogP contribution < -0.4 is 15.5 Å². The molecule has 2 amide bonds. The van der Waals surface area contributed by atoms with E-state index in [2.05, 4.69) is 15.5 Å². The molecule has 1 aliphatic heterocycles. The number of hydrogen-bond donors (Lipinski definition) is 2. The predicted octanol–water partition coefficient (Wildman–Crippen LogP) is 0.140. The van der Waals surface area contributed by atoms with Gasteiger partial charge in [-0.25, -0.2) is 0 Å². The normalized spacial score (nSPS) is 14.7. The van der Waals surface area contributed by atoms with E-state index in [1.807, 2.05) is 24.3 Å². The summed E-state index contributed by atoms with van der Waals surface area (Å²) in [5, 5.41) is 5.37. The topological polar surface area (TPSA) is 73.9 Å². The highest BCUT2D eigenvalue weighted by Gasteiger charge is 2.12. The Bertz CT molecular complexity index is 527. The maximum Gasteiger partial charge on any atom is 0.238 e. The number of carbonyl (C=O) groups excluding carboxylic acids is 2. The van der Waals surface area contributed by atoms with Gasteiger partial charge in [0.2, 0.25) is 11.8 Å². The lowest BCUT2D eigenvalue weighted by Crippen LogP contribution is -2.37. The molecule has 1 saturated heterocycles. The molecule has 0 spiro atoms. The molecule has 7 heteroatoms. The van der Waals surface area contributed by atoms with Gasteiger partial charge in [0.15, 0.2) is 0 Å². The minimum atomic E-state index is -0.143. The summed E-state index contributed by atoms with van der Waals surface area (Å²) >= 11 is 0. The van der Waals surface area contributed by atoms with Crippen LogP contribution in [0.3, 0.4) is 0 Å². The number of nitrogens with one attached hydrogen (secondary N) is 2. The standard InChI is InChI=1S/C16H24N4O3/c1-17-15(21)11-19(2)12-16(22)18-13-3-5-14(6-4-13)20-7-9-23-10-8-20/h3-6H,7-12H2,1-2H3,(H,17,21)(H,18,22). The zero-order chi connectivity index (χ0) is 16.7. The van der Waals surface area contributed by atoms with Crippen molar-refractivity contribution in [3.8, 4) is 0 Å². The molecule has 23 heavy (non-hydrogen) atoms. The van der Waals surface area contributed by atoms with E-state index >= 15 is 0 Å². The van der Waals surface area contributed by atoms with Crippen LogP contribution in [0, 0.1) is 0 Å². The van der Waals surface area contributed by atoms with Gasteiger partial charge < -0.3 is 20.3 Å². The molecule has 126 valence electrons. The summed E-state index contributed by atoms with van der Waals surface area (Å²) in [7, 11) is 3.31. The Hall–Kier alpha value is -2.12. The summed E-state index contributed by atoms with van der Waals surface area (Å²) in [4.78, 5) is 27.1. The van der Waals surface area contributed by atoms with Crippen LogP contribution >= 0.6 is 0 Å². The van der Waals surface area contributed by atoms with Crippen molar-refractivity contribution in [1.29, 1.82) is 0 Å². The highest BCUT2D eigenvalue weighted by Crippen LogP contribution is 2.18. The second kappa shape index (κ2) is 8.50. The van der Waals surface area contributed by atoms with Gasteiger partial charge in [-0.3, -0.25) is 14.5 Å². The van der Waals surface area contributed by atoms with Crippen molar-refractivity contribution >= 4 is 23.2 Å². The molecule has 0 radical (unpaired) electrons. The van der Waals surface area contributed by atoms with Gasteiger partial charge in [-0.05, 0) is 31.3 Å². The fourth-order valence-electron chi connectivity index (χ4n) is 2.40. The van der Waals surface area contributed by atoms with E-state index in [-0.39, 0.29) is 24.9 Å². The smallest absolute Gasteiger partial charge is 0.238 e. The van der Waals surface area contributed by atoms with Crippen molar-refractivity contribution in [3.63, 3.8) is 0 Å². The van der Waals surface area contributed by atoms with E-state index in [1.54, 1.807) is 19.0 Å². The quantitative estimate of drug-likeness (QED) is 0.780. The molecule has 0 saturated carbocycles. The number of nitrogens with zero attached hydrogens (tertiary/aromatic N) is 2. The zero-order valence-corrected chi connectivity index (χ0v) is 13.7. The molecule has 7 nitrogen and oxygen atoms in total. The molecule has 0 atom stereocenters. The molecule has 0 unspecified atom stereocenters. The van der Waals surface area contributed by atoms with Crippen molar-refractivity contribution in [2.75, 3.05) is 63.7 Å². The summed E-state index contributed by atoms with van der Waals surface area (Å²) in [6.45, 7) is 3.62. The fraction of sp³-hybridized carbons (Fsp3) is 0.500. The van der Waals surface area contributed by atoms with E-state index in [4.69, 9.17) is 4.74 Å². The Kier molecular flexibility index (Phi) is 6.37. The molecule has 1 heterocycles. The third-order valence-corrected chi connectivity index (χ3v) is 3.63. The summed E-state index contributed by atoms with van der Waals surface area (Å²) in [5.41, 5.74) is 1.88. The summed E-state index contributed by atoms with van der Waals surface area (Å²) in [5.74, 6) is -0.259. The molecule has 0 aliphatic carbocycles. The van der Waals surface area contributed by atoms with Crippen LogP contribution in [-0.4, -0.2) is 70.2 Å². The van der Waals surface area contributed by atoms with Crippen molar-refractivity contribution in [1.82, 2.24) is 10.2 Å². The van der Waals surface area contributed by atoms with Gasteiger partial charge >= 0.3 is 0 Å². The number of benzene rings is 1. The minimum absolute atomic E-state index is 0.116. The van der Waals surface area contributed by atoms with Crippen molar-refractivity contribution in [2.24, 2.45) is 0 Å². The number of anilines is 2. The van der Waals surface area contributed by atoms with Crippen LogP contribution in [0.4, 0.5) is 11.4 Å². The molecule has 2 rings (SSSR count). The summed E-state index contributed by atoms with van der Waals surface area (Å²) < 4.78 is 5.34. The average Bonchev–Trinajstić information content (AvgIpc) is 2.56. The van der Waals surface area contributed by atoms with Crippen molar-refractivity contribution in [3.05, 3.63) is 24.3 Å². The first-order chi connectivity index (χ1) is 11.1. The Labute approximate surface area is 136 Å². The number of hydrogen-bond acceptors (Lipinski definition) is 5. The first-order valence-electron chi connectivity index (χ1n) is 7.70. The van der Waals surface area contributed by atoms with Gasteiger partial charge in [-0.1, -0.05) is 0 Å². The van der Waals surface area contributed by atoms with E-state index in [1.165, 1.54) is 0 Å². The highest BCUT2D eigenvalue weighted by atomic mass is 16.5. The van der Waals surface area contributed by atoms with Crippen LogP contribution in [-0.2, 0) is 14.3 Å². The van der Waals surface area contributed by atoms with Gasteiger partial charge in [-0.15, -0.1) is 0 Å². The van der Waals surface area contributed by atoms with Crippen LogP contribution in [0.25, 0.3) is 0 Å². The average molecular weight is 320 g/mol. The Balaban J connectivity index is 1.82. The number of likely N-dealkylation sites (N-methyl/N-ethyl adjacent to an activating group) is 2. The molecule has 0 aromatic heterocycles. The molecule has 1 fully saturated rings. The van der Waals surface area contributed by atoms with Gasteiger partial charge in [0.25, 0.3) is 0 Å². The van der Waals surface area contributed by atoms with Gasteiger partial charge in [-0.2, -0.15) is 0 Å². The maximum absolute atomic E-state index is 12.0. The first-order valence-corrected chi connectivity index (χ1v) is 7.70. The molecule has 2 N–H and O–H groups in total. The molecular weight excluding hydrogens is 296 g/mol. The molecule has 1 aromatic carbocycles. The highest BCUT2D eigenvalue weighted by molar-refractivity contribution is 5.92. The second-order valence-electron chi connectivity index (χ2n) is 5.54. The van der Waals surface area contributed by atoms with E-state index in [0.29, 0.717) is 0 Å². The van der Waals surface area contributed by atoms with Crippen LogP contribution in [0.1, 0.15) is 0 Å². The van der Waals surface area contributed by atoms with Gasteiger partial charge in [0.1, 0.15) is 0 Å². The lowest BCUT2D eigenvalue weighted by atomic mass is 10.2. The number of morpholine rings is 1. The molecule has 0 bridgehead atoms. The minimum Gasteiger partial charge on any atom is -0.378 e. The van der Waals surface area contributed by atoms with E-state index in [9.17, 15) is 9.59 Å². The molecule has 1 aromatic rings. The monoisotopic (exact) mass is 320 g/mol. The zero-order valence-electron chi connectivity index (χ0n) is 13.7. The first kappa shape index (κ1) is 17.2. The lowest BCUT2D eigenvalue weighted by Gasteiger charge is -2.28. The summed E-state index contributed by atoms with van der Waals surface area (Å²) in [6.07, 6.45) is 0. The molecular formula is C16H24N4O3. The predicted molar refractivity (Wildman–Crippen MR) is 89.7 cm³/mol. The Morgan fingerprint density at radius 1 is 1.13 bits per heavy atom. The number of carbonyl (C=O) groups is 2. The Morgan fingerprint density at radius 3 is 2.35 bits per heavy atom. The Morgan fingerprint density at radius 2 is 1.74 bits per heavy atom. The third kappa shape index (κ3) is 5.54. The molecule has 1 aliphatic rings. The fourth-order valence-corrected chi connectivity index (χ4v) is 2.40. The van der Waals surface area contributed by atoms with Gasteiger partial charge in [0, 0.05) is 31.5 Å². The van der Waals surface area contributed by atoms with Crippen LogP contribution in [0.5, 0.6) is 0 Å². The SMILES string of the molecule is CNC(=O)CN(C)CC(=O)Nc1ccc(N2CCOCC2)cc1. The third-order valence-electron chi connectivity index (χ3n) is 3.63. The summed E-state index contributed by atoms with van der Waals surface area (Å²) in [6, 6.07) is 7.77. The van der Waals surface area contributed by atoms with Crippen LogP contribution in [0.15, 0.2) is 24.3 Å². The van der Waals surface area contributed by atoms with Crippen LogP contribution in [0.2, 0.25) is 0 Å². The van der Waals surface area contributed by atoms with E-state index in [0.717, 1.165) is 37.7 Å². The van der Waals surface area contributed by atoms with Gasteiger partial charge in [0.05, 0.1) is 26.3 Å².